The summed E-state index contributed by atoms with van der Waals surface area (Å²) in [5.41, 5.74) is 2.34. The van der Waals surface area contributed by atoms with Gasteiger partial charge in [0.1, 0.15) is 6.61 Å². The molecule has 0 radical (unpaired) electrons. The number of benzene rings is 2. The molecule has 0 heterocycles. The van der Waals surface area contributed by atoms with Crippen LogP contribution in [0.1, 0.15) is 21.5 Å². The summed E-state index contributed by atoms with van der Waals surface area (Å²) < 4.78 is 10.8. The van der Waals surface area contributed by atoms with Crippen LogP contribution in [0.2, 0.25) is 0 Å². The number of hydrogen-bond donors (Lipinski definition) is 1. The van der Waals surface area contributed by atoms with E-state index in [0.717, 1.165) is 11.1 Å². The van der Waals surface area contributed by atoms with Gasteiger partial charge in [-0.3, -0.25) is 0 Å². The van der Waals surface area contributed by atoms with E-state index in [9.17, 15) is 4.79 Å². The third-order valence-corrected chi connectivity index (χ3v) is 2.89. The normalized spacial score (nSPS) is 10.1. The molecule has 104 valence electrons. The van der Waals surface area contributed by atoms with Crippen LogP contribution in [0, 0.1) is 6.92 Å². The molecule has 2 rings (SSSR count). The Labute approximate surface area is 117 Å². The molecule has 0 amide bonds. The Bertz CT molecular complexity index is 620. The molecule has 0 aromatic heterocycles. The van der Waals surface area contributed by atoms with E-state index >= 15 is 0 Å². The number of aromatic carboxylic acids is 1. The van der Waals surface area contributed by atoms with Gasteiger partial charge >= 0.3 is 5.97 Å². The Morgan fingerprint density at radius 2 is 1.95 bits per heavy atom. The van der Waals surface area contributed by atoms with Gasteiger partial charge in [-0.25, -0.2) is 4.79 Å². The van der Waals surface area contributed by atoms with Crippen molar-refractivity contribution in [3.63, 3.8) is 0 Å². The zero-order valence-electron chi connectivity index (χ0n) is 11.4. The van der Waals surface area contributed by atoms with Crippen molar-refractivity contribution in [2.24, 2.45) is 0 Å². The number of carbonyl (C=O) groups is 1. The minimum atomic E-state index is -0.993. The van der Waals surface area contributed by atoms with E-state index < -0.39 is 5.97 Å². The van der Waals surface area contributed by atoms with Crippen molar-refractivity contribution < 1.29 is 19.4 Å². The lowest BCUT2D eigenvalue weighted by atomic mass is 10.1. The number of hydrogen-bond acceptors (Lipinski definition) is 3. The Hall–Kier alpha value is -2.49. The van der Waals surface area contributed by atoms with Crippen LogP contribution in [0.15, 0.2) is 42.5 Å². The van der Waals surface area contributed by atoms with Crippen LogP contribution < -0.4 is 9.47 Å². The Balaban J connectivity index is 2.19. The second-order valence-corrected chi connectivity index (χ2v) is 4.45. The molecule has 0 aliphatic rings. The number of methoxy groups -OCH3 is 1. The monoisotopic (exact) mass is 272 g/mol. The van der Waals surface area contributed by atoms with E-state index in [2.05, 4.69) is 0 Å². The van der Waals surface area contributed by atoms with Gasteiger partial charge in [0.2, 0.25) is 0 Å². The van der Waals surface area contributed by atoms with E-state index in [0.29, 0.717) is 18.1 Å². The first-order chi connectivity index (χ1) is 9.60. The van der Waals surface area contributed by atoms with Gasteiger partial charge < -0.3 is 14.6 Å². The summed E-state index contributed by atoms with van der Waals surface area (Å²) in [5, 5.41) is 9.00. The molecule has 0 saturated carbocycles. The second-order valence-electron chi connectivity index (χ2n) is 4.45. The van der Waals surface area contributed by atoms with Gasteiger partial charge in [0.05, 0.1) is 12.7 Å². The molecule has 0 saturated heterocycles. The summed E-state index contributed by atoms with van der Waals surface area (Å²) in [7, 11) is 1.52. The summed E-state index contributed by atoms with van der Waals surface area (Å²) in [5.74, 6) is -0.0513. The van der Waals surface area contributed by atoms with Crippen LogP contribution in [-0.4, -0.2) is 18.2 Å². The molecule has 0 aliphatic heterocycles. The Morgan fingerprint density at radius 3 is 2.60 bits per heavy atom. The highest BCUT2D eigenvalue weighted by atomic mass is 16.5. The molecule has 1 N–H and O–H groups in total. The molecule has 0 unspecified atom stereocenters. The van der Waals surface area contributed by atoms with Crippen molar-refractivity contribution in [2.75, 3.05) is 7.11 Å². The van der Waals surface area contributed by atoms with Crippen molar-refractivity contribution in [1.29, 1.82) is 0 Å². The summed E-state index contributed by atoms with van der Waals surface area (Å²) >= 11 is 0. The van der Waals surface area contributed by atoms with Crippen molar-refractivity contribution in [1.82, 2.24) is 0 Å². The largest absolute Gasteiger partial charge is 0.493 e. The van der Waals surface area contributed by atoms with Gasteiger partial charge in [-0.15, -0.1) is 0 Å². The van der Waals surface area contributed by atoms with Gasteiger partial charge in [-0.1, -0.05) is 29.8 Å². The number of rotatable bonds is 5. The fourth-order valence-corrected chi connectivity index (χ4v) is 1.89. The first-order valence-electron chi connectivity index (χ1n) is 6.20. The van der Waals surface area contributed by atoms with Crippen LogP contribution in [0.5, 0.6) is 11.5 Å². The number of aryl methyl sites for hydroxylation is 1. The zero-order chi connectivity index (χ0) is 14.5. The smallest absolute Gasteiger partial charge is 0.335 e. The van der Waals surface area contributed by atoms with Crippen LogP contribution in [0.3, 0.4) is 0 Å². The van der Waals surface area contributed by atoms with Crippen LogP contribution >= 0.6 is 0 Å². The minimum Gasteiger partial charge on any atom is -0.493 e. The molecule has 2 aromatic rings. The maximum atomic E-state index is 11.0. The third-order valence-electron chi connectivity index (χ3n) is 2.89. The minimum absolute atomic E-state index is 0.171. The predicted octanol–water partition coefficient (Wildman–Crippen LogP) is 3.28. The standard InChI is InChI=1S/C16H16O4/c1-11-4-3-5-12(8-11)10-20-15-9-13(16(17)18)6-7-14(15)19-2/h3-9H,10H2,1-2H3,(H,17,18). The highest BCUT2D eigenvalue weighted by Gasteiger charge is 2.10. The average Bonchev–Trinajstić information content (AvgIpc) is 2.44. The summed E-state index contributed by atoms with van der Waals surface area (Å²) in [6, 6.07) is 12.5. The third kappa shape index (κ3) is 3.29. The molecule has 0 spiro atoms. The van der Waals surface area contributed by atoms with Crippen molar-refractivity contribution >= 4 is 5.97 Å². The van der Waals surface area contributed by atoms with Gasteiger partial charge in [0.15, 0.2) is 11.5 Å². The Morgan fingerprint density at radius 1 is 1.15 bits per heavy atom. The summed E-state index contributed by atoms with van der Waals surface area (Å²) in [4.78, 5) is 11.0. The number of carboxylic acids is 1. The summed E-state index contributed by atoms with van der Waals surface area (Å²) in [6.07, 6.45) is 0. The molecule has 4 nitrogen and oxygen atoms in total. The van der Waals surface area contributed by atoms with E-state index in [1.165, 1.54) is 19.2 Å². The lowest BCUT2D eigenvalue weighted by molar-refractivity contribution is 0.0696. The number of carboxylic acid groups (broad SMARTS) is 1. The topological polar surface area (TPSA) is 55.8 Å². The van der Waals surface area contributed by atoms with Crippen molar-refractivity contribution in [2.45, 2.75) is 13.5 Å². The maximum Gasteiger partial charge on any atom is 0.335 e. The number of ether oxygens (including phenoxy) is 2. The van der Waals surface area contributed by atoms with Crippen LogP contribution in [0.25, 0.3) is 0 Å². The molecule has 0 fully saturated rings. The van der Waals surface area contributed by atoms with Crippen molar-refractivity contribution in [3.05, 3.63) is 59.2 Å². The zero-order valence-corrected chi connectivity index (χ0v) is 11.4. The first-order valence-corrected chi connectivity index (χ1v) is 6.20. The fraction of sp³-hybridized carbons (Fsp3) is 0.188. The molecular formula is C16H16O4. The van der Waals surface area contributed by atoms with Crippen LogP contribution in [0.4, 0.5) is 0 Å². The Kier molecular flexibility index (Phi) is 4.25. The SMILES string of the molecule is COc1ccc(C(=O)O)cc1OCc1cccc(C)c1. The molecule has 4 heteroatoms. The lowest BCUT2D eigenvalue weighted by Gasteiger charge is -2.11. The quantitative estimate of drug-likeness (QED) is 0.907. The van der Waals surface area contributed by atoms with E-state index in [1.807, 2.05) is 31.2 Å². The van der Waals surface area contributed by atoms with Gasteiger partial charge in [0.25, 0.3) is 0 Å². The average molecular weight is 272 g/mol. The molecule has 0 bridgehead atoms. The molecule has 0 aliphatic carbocycles. The highest BCUT2D eigenvalue weighted by Crippen LogP contribution is 2.28. The fourth-order valence-electron chi connectivity index (χ4n) is 1.89. The first kappa shape index (κ1) is 13.9. The predicted molar refractivity (Wildman–Crippen MR) is 75.5 cm³/mol. The molecular weight excluding hydrogens is 256 g/mol. The molecule has 20 heavy (non-hydrogen) atoms. The van der Waals surface area contributed by atoms with E-state index in [1.54, 1.807) is 6.07 Å². The van der Waals surface area contributed by atoms with E-state index in [4.69, 9.17) is 14.6 Å². The highest BCUT2D eigenvalue weighted by molar-refractivity contribution is 5.88. The van der Waals surface area contributed by atoms with Crippen LogP contribution in [-0.2, 0) is 6.61 Å². The lowest BCUT2D eigenvalue weighted by Crippen LogP contribution is -2.01. The molecule has 2 aromatic carbocycles. The summed E-state index contributed by atoms with van der Waals surface area (Å²) in [6.45, 7) is 2.37. The maximum absolute atomic E-state index is 11.0. The van der Waals surface area contributed by atoms with Crippen molar-refractivity contribution in [3.8, 4) is 11.5 Å². The van der Waals surface area contributed by atoms with E-state index in [-0.39, 0.29) is 5.56 Å². The second kappa shape index (κ2) is 6.10. The van der Waals surface area contributed by atoms with Gasteiger partial charge in [-0.2, -0.15) is 0 Å². The van der Waals surface area contributed by atoms with Gasteiger partial charge in [-0.05, 0) is 30.7 Å². The molecule has 0 atom stereocenters. The van der Waals surface area contributed by atoms with Gasteiger partial charge in [0, 0.05) is 0 Å².